The predicted octanol–water partition coefficient (Wildman–Crippen LogP) is 0.305. The predicted molar refractivity (Wildman–Crippen MR) is 31.9 cm³/mol. The number of thiol groups is 1. The SMILES string of the molecule is C=C(S)CC(N)=O. The average molecular weight is 117 g/mol. The Kier molecular flexibility index (Phi) is 2.52. The number of carbonyl (C=O) groups excluding carboxylic acids is 1. The number of rotatable bonds is 2. The van der Waals surface area contributed by atoms with Gasteiger partial charge >= 0.3 is 0 Å². The van der Waals surface area contributed by atoms with E-state index in [0.29, 0.717) is 4.91 Å². The van der Waals surface area contributed by atoms with Gasteiger partial charge in [0.05, 0.1) is 6.42 Å². The summed E-state index contributed by atoms with van der Waals surface area (Å²) in [6.07, 6.45) is 0.170. The highest BCUT2D eigenvalue weighted by Crippen LogP contribution is 1.98. The van der Waals surface area contributed by atoms with E-state index in [1.165, 1.54) is 0 Å². The highest BCUT2D eigenvalue weighted by molar-refractivity contribution is 7.84. The van der Waals surface area contributed by atoms with Crippen LogP contribution in [0.2, 0.25) is 0 Å². The van der Waals surface area contributed by atoms with Crippen LogP contribution in [0.4, 0.5) is 0 Å². The molecule has 0 aliphatic rings. The summed E-state index contributed by atoms with van der Waals surface area (Å²) in [4.78, 5) is 10.4. The van der Waals surface area contributed by atoms with Crippen LogP contribution in [0.3, 0.4) is 0 Å². The molecule has 0 bridgehead atoms. The Morgan fingerprint density at radius 2 is 2.29 bits per heavy atom. The van der Waals surface area contributed by atoms with Gasteiger partial charge in [-0.2, -0.15) is 0 Å². The molecule has 0 aliphatic carbocycles. The summed E-state index contributed by atoms with van der Waals surface area (Å²) in [7, 11) is 0. The number of amides is 1. The lowest BCUT2D eigenvalue weighted by molar-refractivity contribution is -0.117. The lowest BCUT2D eigenvalue weighted by Crippen LogP contribution is -2.09. The summed E-state index contributed by atoms with van der Waals surface area (Å²) in [6.45, 7) is 3.36. The molecule has 0 rings (SSSR count). The van der Waals surface area contributed by atoms with Crippen LogP contribution in [0.5, 0.6) is 0 Å². The van der Waals surface area contributed by atoms with E-state index in [1.807, 2.05) is 0 Å². The Morgan fingerprint density at radius 1 is 1.86 bits per heavy atom. The lowest BCUT2D eigenvalue weighted by Gasteiger charge is -1.86. The van der Waals surface area contributed by atoms with Crippen molar-refractivity contribution < 1.29 is 4.79 Å². The Labute approximate surface area is 47.8 Å². The molecular weight excluding hydrogens is 110 g/mol. The van der Waals surface area contributed by atoms with Crippen molar-refractivity contribution in [2.45, 2.75) is 6.42 Å². The molecular formula is C4H7NOS. The first-order valence-electron chi connectivity index (χ1n) is 1.78. The van der Waals surface area contributed by atoms with Crippen LogP contribution in [-0.4, -0.2) is 5.91 Å². The van der Waals surface area contributed by atoms with Gasteiger partial charge < -0.3 is 5.73 Å². The molecule has 40 valence electrons. The fourth-order valence-electron chi connectivity index (χ4n) is 0.201. The molecule has 2 N–H and O–H groups in total. The van der Waals surface area contributed by atoms with E-state index >= 15 is 0 Å². The summed E-state index contributed by atoms with van der Waals surface area (Å²) in [6, 6.07) is 0. The highest BCUT2D eigenvalue weighted by atomic mass is 32.1. The molecule has 1 amide bonds. The van der Waals surface area contributed by atoms with Crippen molar-refractivity contribution in [2.24, 2.45) is 5.73 Å². The van der Waals surface area contributed by atoms with Crippen LogP contribution in [0.15, 0.2) is 11.5 Å². The largest absolute Gasteiger partial charge is 0.369 e. The molecule has 0 aromatic carbocycles. The topological polar surface area (TPSA) is 43.1 Å². The molecule has 3 heteroatoms. The third kappa shape index (κ3) is 5.56. The van der Waals surface area contributed by atoms with Crippen molar-refractivity contribution in [2.75, 3.05) is 0 Å². The van der Waals surface area contributed by atoms with Crippen LogP contribution in [-0.2, 0) is 4.79 Å². The maximum absolute atomic E-state index is 9.92. The van der Waals surface area contributed by atoms with E-state index in [4.69, 9.17) is 5.73 Å². The van der Waals surface area contributed by atoms with Crippen LogP contribution in [0, 0.1) is 0 Å². The van der Waals surface area contributed by atoms with Crippen molar-refractivity contribution in [3.63, 3.8) is 0 Å². The second-order valence-electron chi connectivity index (χ2n) is 1.21. The van der Waals surface area contributed by atoms with E-state index in [-0.39, 0.29) is 12.3 Å². The smallest absolute Gasteiger partial charge is 0.222 e. The van der Waals surface area contributed by atoms with Crippen molar-refractivity contribution >= 4 is 18.5 Å². The van der Waals surface area contributed by atoms with E-state index < -0.39 is 0 Å². The number of hydrogen-bond donors (Lipinski definition) is 2. The van der Waals surface area contributed by atoms with Crippen LogP contribution in [0.1, 0.15) is 6.42 Å². The van der Waals surface area contributed by atoms with Gasteiger partial charge in [0, 0.05) is 0 Å². The molecule has 0 aromatic heterocycles. The van der Waals surface area contributed by atoms with E-state index in [2.05, 4.69) is 19.2 Å². The maximum Gasteiger partial charge on any atom is 0.222 e. The summed E-state index contributed by atoms with van der Waals surface area (Å²) in [5.74, 6) is -0.389. The van der Waals surface area contributed by atoms with Gasteiger partial charge in [-0.05, 0) is 4.91 Å². The minimum absolute atomic E-state index is 0.170. The van der Waals surface area contributed by atoms with Gasteiger partial charge in [-0.3, -0.25) is 4.79 Å². The first-order chi connectivity index (χ1) is 3.13. The summed E-state index contributed by atoms with van der Waals surface area (Å²) in [5.41, 5.74) is 4.74. The summed E-state index contributed by atoms with van der Waals surface area (Å²) >= 11 is 3.74. The second-order valence-corrected chi connectivity index (χ2v) is 1.84. The zero-order valence-corrected chi connectivity index (χ0v) is 4.74. The van der Waals surface area contributed by atoms with E-state index in [9.17, 15) is 4.79 Å². The number of primary amides is 1. The molecule has 0 heterocycles. The fraction of sp³-hybridized carbons (Fsp3) is 0.250. The van der Waals surface area contributed by atoms with Gasteiger partial charge in [0.15, 0.2) is 0 Å². The van der Waals surface area contributed by atoms with Crippen molar-refractivity contribution in [3.05, 3.63) is 11.5 Å². The molecule has 0 saturated carbocycles. The lowest BCUT2D eigenvalue weighted by atomic mass is 10.4. The third-order valence-corrected chi connectivity index (χ3v) is 0.536. The van der Waals surface area contributed by atoms with Gasteiger partial charge in [0.1, 0.15) is 0 Å². The highest BCUT2D eigenvalue weighted by Gasteiger charge is 1.90. The first kappa shape index (κ1) is 6.56. The zero-order valence-electron chi connectivity index (χ0n) is 3.85. The van der Waals surface area contributed by atoms with Crippen LogP contribution < -0.4 is 5.73 Å². The molecule has 2 nitrogen and oxygen atoms in total. The Bertz CT molecular complexity index is 87.9. The van der Waals surface area contributed by atoms with Crippen molar-refractivity contribution in [1.82, 2.24) is 0 Å². The Balaban J connectivity index is 3.32. The number of hydrogen-bond acceptors (Lipinski definition) is 2. The molecule has 0 saturated heterocycles. The number of nitrogens with two attached hydrogens (primary N) is 1. The van der Waals surface area contributed by atoms with Gasteiger partial charge in [-0.1, -0.05) is 6.58 Å². The first-order valence-corrected chi connectivity index (χ1v) is 2.22. The van der Waals surface area contributed by atoms with Gasteiger partial charge in [-0.15, -0.1) is 12.6 Å². The average Bonchev–Trinajstić information content (AvgIpc) is 1.27. The molecule has 7 heavy (non-hydrogen) atoms. The van der Waals surface area contributed by atoms with Crippen molar-refractivity contribution in [3.8, 4) is 0 Å². The molecule has 0 aromatic rings. The molecule has 0 unspecified atom stereocenters. The van der Waals surface area contributed by atoms with Gasteiger partial charge in [-0.25, -0.2) is 0 Å². The zero-order chi connectivity index (χ0) is 5.86. The maximum atomic E-state index is 9.92. The monoisotopic (exact) mass is 117 g/mol. The standard InChI is InChI=1S/C4H7NOS/c1-3(7)2-4(5)6/h7H,1-2H2,(H2,5,6). The van der Waals surface area contributed by atoms with Crippen LogP contribution >= 0.6 is 12.6 Å². The minimum atomic E-state index is -0.389. The van der Waals surface area contributed by atoms with Crippen LogP contribution in [0.25, 0.3) is 0 Å². The normalized spacial score (nSPS) is 8.14. The van der Waals surface area contributed by atoms with Crippen molar-refractivity contribution in [1.29, 1.82) is 0 Å². The second kappa shape index (κ2) is 2.69. The minimum Gasteiger partial charge on any atom is -0.369 e. The van der Waals surface area contributed by atoms with Gasteiger partial charge in [0.2, 0.25) is 5.91 Å². The molecule has 0 atom stereocenters. The fourth-order valence-corrected chi connectivity index (χ4v) is 0.357. The molecule has 0 spiro atoms. The Morgan fingerprint density at radius 3 is 2.29 bits per heavy atom. The summed E-state index contributed by atoms with van der Waals surface area (Å²) in [5, 5.41) is 0. The Hall–Kier alpha value is -0.440. The molecule has 0 fully saturated rings. The number of carbonyl (C=O) groups is 1. The third-order valence-electron chi connectivity index (χ3n) is 0.378. The molecule has 0 aliphatic heterocycles. The molecule has 0 radical (unpaired) electrons. The summed E-state index contributed by atoms with van der Waals surface area (Å²) < 4.78 is 0. The van der Waals surface area contributed by atoms with E-state index in [1.54, 1.807) is 0 Å². The van der Waals surface area contributed by atoms with Gasteiger partial charge in [0.25, 0.3) is 0 Å². The quantitative estimate of drug-likeness (QED) is 0.502. The van der Waals surface area contributed by atoms with E-state index in [0.717, 1.165) is 0 Å².